The predicted molar refractivity (Wildman–Crippen MR) is 107 cm³/mol. The predicted octanol–water partition coefficient (Wildman–Crippen LogP) is 4.51. The van der Waals surface area contributed by atoms with Crippen LogP contribution in [0.4, 0.5) is 14.9 Å². The highest BCUT2D eigenvalue weighted by Gasteiger charge is 2.37. The highest BCUT2D eigenvalue weighted by atomic mass is 79.9. The molecule has 1 N–H and O–H groups in total. The van der Waals surface area contributed by atoms with Crippen molar-refractivity contribution in [2.45, 2.75) is 0 Å². The van der Waals surface area contributed by atoms with E-state index in [9.17, 15) is 18.8 Å². The Balaban J connectivity index is 1.67. The van der Waals surface area contributed by atoms with Crippen LogP contribution >= 0.6 is 15.9 Å². The van der Waals surface area contributed by atoms with Crippen LogP contribution in [0.25, 0.3) is 17.4 Å². The number of furan rings is 1. The molecule has 1 aliphatic heterocycles. The molecule has 1 saturated heterocycles. The van der Waals surface area contributed by atoms with Gasteiger partial charge >= 0.3 is 6.03 Å². The van der Waals surface area contributed by atoms with E-state index in [-0.39, 0.29) is 17.0 Å². The minimum absolute atomic E-state index is 0.0147. The number of imide groups is 2. The standard InChI is InChI=1S/C21H12BrFN2O4/c22-13-6-4-12(5-7-13)18-9-8-16(29-18)11-17-19(26)24-21(28)25(20(17)27)15-3-1-2-14(23)10-15/h1-11H,(H,24,26,28)/b17-11-. The van der Waals surface area contributed by atoms with Gasteiger partial charge in [0.2, 0.25) is 0 Å². The molecule has 1 aromatic heterocycles. The van der Waals surface area contributed by atoms with Crippen molar-refractivity contribution >= 4 is 45.5 Å². The number of urea groups is 1. The molecule has 1 aliphatic rings. The van der Waals surface area contributed by atoms with E-state index in [0.717, 1.165) is 16.1 Å². The van der Waals surface area contributed by atoms with Gasteiger partial charge in [-0.25, -0.2) is 14.1 Å². The second-order valence-corrected chi connectivity index (χ2v) is 7.06. The van der Waals surface area contributed by atoms with Crippen LogP contribution in [0.5, 0.6) is 0 Å². The Bertz CT molecular complexity index is 1170. The first-order valence-electron chi connectivity index (χ1n) is 8.45. The summed E-state index contributed by atoms with van der Waals surface area (Å²) < 4.78 is 20.1. The van der Waals surface area contributed by atoms with Crippen LogP contribution in [0.1, 0.15) is 5.76 Å². The maximum atomic E-state index is 13.5. The zero-order valence-corrected chi connectivity index (χ0v) is 16.3. The van der Waals surface area contributed by atoms with Crippen LogP contribution in [0, 0.1) is 5.82 Å². The summed E-state index contributed by atoms with van der Waals surface area (Å²) in [6.45, 7) is 0. The number of benzene rings is 2. The van der Waals surface area contributed by atoms with Gasteiger partial charge in [-0.2, -0.15) is 0 Å². The van der Waals surface area contributed by atoms with Gasteiger partial charge in [-0.3, -0.25) is 14.9 Å². The average Bonchev–Trinajstić information content (AvgIpc) is 3.14. The lowest BCUT2D eigenvalue weighted by Gasteiger charge is -2.26. The van der Waals surface area contributed by atoms with Crippen LogP contribution < -0.4 is 10.2 Å². The minimum atomic E-state index is -0.947. The number of hydrogen-bond donors (Lipinski definition) is 1. The molecular formula is C21H12BrFN2O4. The van der Waals surface area contributed by atoms with Gasteiger partial charge in [-0.15, -0.1) is 0 Å². The Morgan fingerprint density at radius 2 is 1.76 bits per heavy atom. The number of rotatable bonds is 3. The number of halogens is 2. The van der Waals surface area contributed by atoms with E-state index in [1.165, 1.54) is 24.3 Å². The van der Waals surface area contributed by atoms with Gasteiger partial charge in [0.1, 0.15) is 22.9 Å². The number of barbiturate groups is 1. The molecule has 0 atom stereocenters. The van der Waals surface area contributed by atoms with Crippen molar-refractivity contribution in [1.82, 2.24) is 5.32 Å². The van der Waals surface area contributed by atoms with Gasteiger partial charge in [0.25, 0.3) is 11.8 Å². The summed E-state index contributed by atoms with van der Waals surface area (Å²) in [7, 11) is 0. The van der Waals surface area contributed by atoms with Gasteiger partial charge in [0, 0.05) is 10.0 Å². The molecule has 144 valence electrons. The molecule has 0 aliphatic carbocycles. The normalized spacial score (nSPS) is 15.7. The Morgan fingerprint density at radius 1 is 1.00 bits per heavy atom. The van der Waals surface area contributed by atoms with Crippen molar-refractivity contribution in [1.29, 1.82) is 0 Å². The Hall–Kier alpha value is -3.52. The zero-order valence-electron chi connectivity index (χ0n) is 14.7. The molecule has 4 amide bonds. The second kappa shape index (κ2) is 7.48. The smallest absolute Gasteiger partial charge is 0.335 e. The molecule has 2 heterocycles. The first kappa shape index (κ1) is 18.8. The van der Waals surface area contributed by atoms with Gasteiger partial charge in [0.05, 0.1) is 5.69 Å². The summed E-state index contributed by atoms with van der Waals surface area (Å²) >= 11 is 3.36. The van der Waals surface area contributed by atoms with Crippen LogP contribution in [0.2, 0.25) is 0 Å². The third-order valence-electron chi connectivity index (χ3n) is 4.21. The third-order valence-corrected chi connectivity index (χ3v) is 4.74. The SMILES string of the molecule is O=C1NC(=O)N(c2cccc(F)c2)C(=O)/C1=C\c1ccc(-c2ccc(Br)cc2)o1. The number of carbonyl (C=O) groups excluding carboxylic acids is 3. The largest absolute Gasteiger partial charge is 0.457 e. The lowest BCUT2D eigenvalue weighted by atomic mass is 10.1. The lowest BCUT2D eigenvalue weighted by molar-refractivity contribution is -0.122. The van der Waals surface area contributed by atoms with E-state index < -0.39 is 23.7 Å². The highest BCUT2D eigenvalue weighted by molar-refractivity contribution is 9.10. The van der Waals surface area contributed by atoms with Crippen LogP contribution in [-0.4, -0.2) is 17.8 Å². The van der Waals surface area contributed by atoms with Gasteiger partial charge in [-0.05, 0) is 48.5 Å². The summed E-state index contributed by atoms with van der Waals surface area (Å²) in [5.41, 5.74) is 0.528. The minimum Gasteiger partial charge on any atom is -0.457 e. The van der Waals surface area contributed by atoms with Crippen molar-refractivity contribution in [3.63, 3.8) is 0 Å². The van der Waals surface area contributed by atoms with Crippen molar-refractivity contribution in [2.24, 2.45) is 0 Å². The van der Waals surface area contributed by atoms with Gasteiger partial charge in [-0.1, -0.05) is 34.1 Å². The quantitative estimate of drug-likeness (QED) is 0.466. The van der Waals surface area contributed by atoms with Crippen LogP contribution in [0.3, 0.4) is 0 Å². The first-order valence-corrected chi connectivity index (χ1v) is 9.24. The second-order valence-electron chi connectivity index (χ2n) is 6.15. The maximum absolute atomic E-state index is 13.5. The number of anilines is 1. The van der Waals surface area contributed by atoms with Gasteiger partial charge in [0.15, 0.2) is 0 Å². The summed E-state index contributed by atoms with van der Waals surface area (Å²) in [6, 6.07) is 14.8. The Labute approximate surface area is 172 Å². The summed E-state index contributed by atoms with van der Waals surface area (Å²) in [5, 5.41) is 2.08. The molecule has 2 aromatic carbocycles. The molecule has 0 spiro atoms. The molecule has 6 nitrogen and oxygen atoms in total. The zero-order chi connectivity index (χ0) is 20.5. The molecule has 1 fully saturated rings. The number of hydrogen-bond acceptors (Lipinski definition) is 4. The molecule has 0 saturated carbocycles. The topological polar surface area (TPSA) is 79.6 Å². The fourth-order valence-electron chi connectivity index (χ4n) is 2.85. The molecule has 0 bridgehead atoms. The number of nitrogens with zero attached hydrogens (tertiary/aromatic N) is 1. The fraction of sp³-hybridized carbons (Fsp3) is 0. The van der Waals surface area contributed by atoms with Crippen molar-refractivity contribution in [3.8, 4) is 11.3 Å². The molecule has 8 heteroatoms. The molecular weight excluding hydrogens is 443 g/mol. The van der Waals surface area contributed by atoms with E-state index >= 15 is 0 Å². The van der Waals surface area contributed by atoms with Crippen LogP contribution in [0.15, 0.2) is 75.1 Å². The van der Waals surface area contributed by atoms with E-state index in [4.69, 9.17) is 4.42 Å². The maximum Gasteiger partial charge on any atom is 0.335 e. The van der Waals surface area contributed by atoms with E-state index in [0.29, 0.717) is 10.7 Å². The molecule has 0 unspecified atom stereocenters. The summed E-state index contributed by atoms with van der Waals surface area (Å²) in [5.74, 6) is -1.53. The molecule has 3 aromatic rings. The average molecular weight is 455 g/mol. The first-order chi connectivity index (χ1) is 13.9. The van der Waals surface area contributed by atoms with E-state index in [2.05, 4.69) is 21.2 Å². The van der Waals surface area contributed by atoms with Gasteiger partial charge < -0.3 is 4.42 Å². The third kappa shape index (κ3) is 3.74. The Morgan fingerprint density at radius 3 is 2.48 bits per heavy atom. The number of nitrogens with one attached hydrogen (secondary N) is 1. The van der Waals surface area contributed by atoms with E-state index in [1.807, 2.05) is 24.3 Å². The number of amides is 4. The summed E-state index contributed by atoms with van der Waals surface area (Å²) in [4.78, 5) is 37.8. The fourth-order valence-corrected chi connectivity index (χ4v) is 3.11. The molecule has 0 radical (unpaired) electrons. The monoisotopic (exact) mass is 454 g/mol. The molecule has 29 heavy (non-hydrogen) atoms. The van der Waals surface area contributed by atoms with Crippen molar-refractivity contribution in [3.05, 3.63) is 82.3 Å². The van der Waals surface area contributed by atoms with Crippen LogP contribution in [-0.2, 0) is 9.59 Å². The van der Waals surface area contributed by atoms with Crippen molar-refractivity contribution < 1.29 is 23.2 Å². The van der Waals surface area contributed by atoms with Crippen molar-refractivity contribution in [2.75, 3.05) is 4.90 Å². The Kier molecular flexibility index (Phi) is 4.85. The van der Waals surface area contributed by atoms with E-state index in [1.54, 1.807) is 12.1 Å². The summed E-state index contributed by atoms with van der Waals surface area (Å²) in [6.07, 6.45) is 1.25. The lowest BCUT2D eigenvalue weighted by Crippen LogP contribution is -2.54. The molecule has 4 rings (SSSR count). The number of carbonyl (C=O) groups is 3. The highest BCUT2D eigenvalue weighted by Crippen LogP contribution is 2.27.